The molecule has 1 aromatic heterocycles. The topological polar surface area (TPSA) is 36.4 Å². The molecule has 0 radical (unpaired) electrons. The molecule has 0 saturated carbocycles. The van der Waals surface area contributed by atoms with Gasteiger partial charge in [0.25, 0.3) is 0 Å². The minimum Gasteiger partial charge on any atom is -0.390 e. The summed E-state index contributed by atoms with van der Waals surface area (Å²) in [6.45, 7) is 2.23. The van der Waals surface area contributed by atoms with E-state index >= 15 is 0 Å². The monoisotopic (exact) mass is 206 g/mol. The fraction of sp³-hybridized carbons (Fsp3) is 0.583. The minimum absolute atomic E-state index is 0.0294. The van der Waals surface area contributed by atoms with E-state index in [1.807, 2.05) is 18.2 Å². The lowest BCUT2D eigenvalue weighted by molar-refractivity contribution is 0.277. The lowest BCUT2D eigenvalue weighted by Crippen LogP contribution is -2.25. The van der Waals surface area contributed by atoms with Crippen LogP contribution in [0.2, 0.25) is 0 Å². The third-order valence-corrected chi connectivity index (χ3v) is 2.88. The number of nitrogens with zero attached hydrogens (tertiary/aromatic N) is 2. The molecule has 1 aliphatic heterocycles. The number of anilines is 1. The second kappa shape index (κ2) is 5.12. The molecule has 1 N–H and O–H groups in total. The van der Waals surface area contributed by atoms with Crippen molar-refractivity contribution in [2.24, 2.45) is 0 Å². The van der Waals surface area contributed by atoms with E-state index in [1.165, 1.54) is 25.7 Å². The summed E-state index contributed by atoms with van der Waals surface area (Å²) in [5.74, 6) is 1.02. The zero-order valence-corrected chi connectivity index (χ0v) is 9.02. The molecule has 0 unspecified atom stereocenters. The van der Waals surface area contributed by atoms with Crippen molar-refractivity contribution >= 4 is 5.82 Å². The van der Waals surface area contributed by atoms with Crippen molar-refractivity contribution in [1.29, 1.82) is 0 Å². The first kappa shape index (κ1) is 10.4. The number of pyridine rings is 1. The maximum Gasteiger partial charge on any atom is 0.128 e. The highest BCUT2D eigenvalue weighted by Gasteiger charge is 2.10. The molecule has 0 atom stereocenters. The van der Waals surface area contributed by atoms with Gasteiger partial charge >= 0.3 is 0 Å². The van der Waals surface area contributed by atoms with Gasteiger partial charge in [0.2, 0.25) is 0 Å². The Kier molecular flexibility index (Phi) is 3.56. The molecule has 3 heteroatoms. The van der Waals surface area contributed by atoms with E-state index in [9.17, 15) is 0 Å². The molecule has 0 amide bonds. The largest absolute Gasteiger partial charge is 0.390 e. The average Bonchev–Trinajstić information content (AvgIpc) is 2.58. The quantitative estimate of drug-likeness (QED) is 0.803. The molecule has 1 fully saturated rings. The van der Waals surface area contributed by atoms with Gasteiger partial charge in [-0.05, 0) is 25.0 Å². The van der Waals surface area contributed by atoms with Gasteiger partial charge in [0.15, 0.2) is 0 Å². The van der Waals surface area contributed by atoms with Crippen molar-refractivity contribution in [2.45, 2.75) is 32.3 Å². The Bertz CT molecular complexity index is 306. The first-order chi connectivity index (χ1) is 7.40. The van der Waals surface area contributed by atoms with Crippen molar-refractivity contribution in [3.05, 3.63) is 23.9 Å². The molecule has 0 aromatic carbocycles. The second-order valence-corrected chi connectivity index (χ2v) is 4.05. The molecule has 3 nitrogen and oxygen atoms in total. The van der Waals surface area contributed by atoms with E-state index in [0.717, 1.165) is 24.6 Å². The zero-order chi connectivity index (χ0) is 10.5. The van der Waals surface area contributed by atoms with E-state index in [0.29, 0.717) is 0 Å². The predicted molar refractivity (Wildman–Crippen MR) is 60.8 cm³/mol. The summed E-state index contributed by atoms with van der Waals surface area (Å²) in [6.07, 6.45) is 5.17. The van der Waals surface area contributed by atoms with E-state index in [2.05, 4.69) is 9.88 Å². The van der Waals surface area contributed by atoms with Crippen molar-refractivity contribution < 1.29 is 5.11 Å². The second-order valence-electron chi connectivity index (χ2n) is 4.05. The van der Waals surface area contributed by atoms with Crippen molar-refractivity contribution in [3.63, 3.8) is 0 Å². The maximum absolute atomic E-state index is 9.03. The molecule has 2 heterocycles. The molecular formula is C12H18N2O. The van der Waals surface area contributed by atoms with Crippen molar-refractivity contribution in [1.82, 2.24) is 4.98 Å². The fourth-order valence-corrected chi connectivity index (χ4v) is 2.03. The molecule has 2 rings (SSSR count). The van der Waals surface area contributed by atoms with Crippen LogP contribution in [0.25, 0.3) is 0 Å². The summed E-state index contributed by atoms with van der Waals surface area (Å²) in [6, 6.07) is 5.87. The van der Waals surface area contributed by atoms with Crippen LogP contribution < -0.4 is 4.90 Å². The van der Waals surface area contributed by atoms with Gasteiger partial charge in [0.05, 0.1) is 12.3 Å². The number of rotatable bonds is 2. The van der Waals surface area contributed by atoms with Gasteiger partial charge in [-0.25, -0.2) is 4.98 Å². The van der Waals surface area contributed by atoms with Crippen LogP contribution in [0.4, 0.5) is 5.82 Å². The highest BCUT2D eigenvalue weighted by atomic mass is 16.3. The zero-order valence-electron chi connectivity index (χ0n) is 9.02. The Balaban J connectivity index is 2.12. The van der Waals surface area contributed by atoms with Gasteiger partial charge < -0.3 is 10.0 Å². The summed E-state index contributed by atoms with van der Waals surface area (Å²) in [4.78, 5) is 6.76. The van der Waals surface area contributed by atoms with Crippen molar-refractivity contribution in [3.8, 4) is 0 Å². The molecule has 0 bridgehead atoms. The number of aliphatic hydroxyl groups is 1. The molecule has 0 aliphatic carbocycles. The lowest BCUT2D eigenvalue weighted by Gasteiger charge is -2.21. The SMILES string of the molecule is OCc1cccc(N2CCCCCC2)n1. The lowest BCUT2D eigenvalue weighted by atomic mass is 10.2. The molecule has 1 aliphatic rings. The Hall–Kier alpha value is -1.09. The van der Waals surface area contributed by atoms with Gasteiger partial charge in [-0.2, -0.15) is 0 Å². The van der Waals surface area contributed by atoms with E-state index < -0.39 is 0 Å². The normalized spacial score (nSPS) is 17.5. The molecule has 15 heavy (non-hydrogen) atoms. The summed E-state index contributed by atoms with van der Waals surface area (Å²) >= 11 is 0. The van der Waals surface area contributed by atoms with Crippen LogP contribution in [0.3, 0.4) is 0 Å². The Morgan fingerprint density at radius 2 is 1.87 bits per heavy atom. The number of aliphatic hydroxyl groups excluding tert-OH is 1. The third-order valence-electron chi connectivity index (χ3n) is 2.88. The molecule has 1 aromatic rings. The molecular weight excluding hydrogens is 188 g/mol. The van der Waals surface area contributed by atoms with E-state index in [1.54, 1.807) is 0 Å². The van der Waals surface area contributed by atoms with Gasteiger partial charge in [-0.3, -0.25) is 0 Å². The van der Waals surface area contributed by atoms with Gasteiger partial charge in [-0.15, -0.1) is 0 Å². The van der Waals surface area contributed by atoms with Gasteiger partial charge in [0, 0.05) is 13.1 Å². The predicted octanol–water partition coefficient (Wildman–Crippen LogP) is 1.95. The van der Waals surface area contributed by atoms with Gasteiger partial charge in [-0.1, -0.05) is 18.9 Å². The highest BCUT2D eigenvalue weighted by molar-refractivity contribution is 5.39. The number of aromatic nitrogens is 1. The molecule has 1 saturated heterocycles. The van der Waals surface area contributed by atoms with Crippen LogP contribution in [0.15, 0.2) is 18.2 Å². The summed E-state index contributed by atoms with van der Waals surface area (Å²) in [7, 11) is 0. The minimum atomic E-state index is 0.0294. The maximum atomic E-state index is 9.03. The number of hydrogen-bond donors (Lipinski definition) is 1. The van der Waals surface area contributed by atoms with Crippen molar-refractivity contribution in [2.75, 3.05) is 18.0 Å². The smallest absolute Gasteiger partial charge is 0.128 e. The van der Waals surface area contributed by atoms with Crippen LogP contribution in [0, 0.1) is 0 Å². The Morgan fingerprint density at radius 3 is 2.53 bits per heavy atom. The summed E-state index contributed by atoms with van der Waals surface area (Å²) in [5.41, 5.74) is 0.761. The first-order valence-corrected chi connectivity index (χ1v) is 5.72. The van der Waals surface area contributed by atoms with Crippen LogP contribution in [-0.4, -0.2) is 23.2 Å². The Morgan fingerprint density at radius 1 is 1.13 bits per heavy atom. The average molecular weight is 206 g/mol. The molecule has 0 spiro atoms. The summed E-state index contributed by atoms with van der Waals surface area (Å²) in [5, 5.41) is 9.03. The third kappa shape index (κ3) is 2.69. The van der Waals surface area contributed by atoms with Gasteiger partial charge in [0.1, 0.15) is 5.82 Å². The summed E-state index contributed by atoms with van der Waals surface area (Å²) < 4.78 is 0. The first-order valence-electron chi connectivity index (χ1n) is 5.72. The van der Waals surface area contributed by atoms with Crippen LogP contribution in [-0.2, 0) is 6.61 Å². The molecule has 82 valence electrons. The Labute approximate surface area is 90.8 Å². The standard InChI is InChI=1S/C12H18N2O/c15-10-11-6-5-7-12(13-11)14-8-3-1-2-4-9-14/h5-7,15H,1-4,8-10H2. The highest BCUT2D eigenvalue weighted by Crippen LogP contribution is 2.17. The van der Waals surface area contributed by atoms with E-state index in [4.69, 9.17) is 5.11 Å². The fourth-order valence-electron chi connectivity index (χ4n) is 2.03. The van der Waals surface area contributed by atoms with E-state index in [-0.39, 0.29) is 6.61 Å². The van der Waals surface area contributed by atoms with Crippen LogP contribution >= 0.6 is 0 Å². The van der Waals surface area contributed by atoms with Crippen LogP contribution in [0.5, 0.6) is 0 Å². The number of hydrogen-bond acceptors (Lipinski definition) is 3. The van der Waals surface area contributed by atoms with Crippen LogP contribution in [0.1, 0.15) is 31.4 Å².